The second-order valence-corrected chi connectivity index (χ2v) is 7.86. The van der Waals surface area contributed by atoms with Gasteiger partial charge in [-0.2, -0.15) is 0 Å². The van der Waals surface area contributed by atoms with E-state index in [1.165, 1.54) is 35.7 Å². The highest BCUT2D eigenvalue weighted by molar-refractivity contribution is 7.99. The minimum atomic E-state index is -1.07. The number of carboxylic acids is 1. The molecule has 0 bridgehead atoms. The fourth-order valence-corrected chi connectivity index (χ4v) is 4.42. The van der Waals surface area contributed by atoms with Gasteiger partial charge in [-0.05, 0) is 66.6 Å². The predicted molar refractivity (Wildman–Crippen MR) is 106 cm³/mol. The van der Waals surface area contributed by atoms with Crippen molar-refractivity contribution in [3.8, 4) is 5.75 Å². The minimum absolute atomic E-state index is 0.0174. The number of methoxy groups -OCH3 is 1. The molecule has 0 radical (unpaired) electrons. The van der Waals surface area contributed by atoms with Crippen LogP contribution in [0.1, 0.15) is 40.0 Å². The molecule has 0 atom stereocenters. The van der Waals surface area contributed by atoms with Gasteiger partial charge < -0.3 is 9.84 Å². The zero-order chi connectivity index (χ0) is 19.5. The van der Waals surface area contributed by atoms with Gasteiger partial charge >= 0.3 is 5.97 Å². The average molecular weight is 395 g/mol. The number of fused-ring (bicyclic) bond motifs is 1. The smallest absolute Gasteiger partial charge is 0.359 e. The van der Waals surface area contributed by atoms with E-state index in [1.807, 2.05) is 24.3 Å². The van der Waals surface area contributed by atoms with Gasteiger partial charge in [-0.25, -0.2) is 9.48 Å². The van der Waals surface area contributed by atoms with Crippen LogP contribution in [0.3, 0.4) is 0 Å². The molecule has 0 unspecified atom stereocenters. The Morgan fingerprint density at radius 3 is 2.61 bits per heavy atom. The molecule has 0 spiro atoms. The molecule has 7 heteroatoms. The SMILES string of the molecule is COc1ccc(Cn2nnc(C(=O)O)c2Sc2ccc3c(c2)CCCC3)cc1. The van der Waals surface area contributed by atoms with Crippen LogP contribution in [0.15, 0.2) is 52.4 Å². The number of carbonyl (C=O) groups is 1. The molecule has 1 aliphatic rings. The van der Waals surface area contributed by atoms with Gasteiger partial charge in [0.1, 0.15) is 10.8 Å². The van der Waals surface area contributed by atoms with E-state index in [0.717, 1.165) is 29.1 Å². The molecule has 2 aromatic carbocycles. The average Bonchev–Trinajstić information content (AvgIpc) is 3.11. The second-order valence-electron chi connectivity index (χ2n) is 6.79. The van der Waals surface area contributed by atoms with Gasteiger partial charge in [0.05, 0.1) is 13.7 Å². The summed E-state index contributed by atoms with van der Waals surface area (Å²) in [6.07, 6.45) is 4.65. The molecular formula is C21H21N3O3S. The van der Waals surface area contributed by atoms with E-state index in [0.29, 0.717) is 11.6 Å². The van der Waals surface area contributed by atoms with E-state index in [1.54, 1.807) is 11.8 Å². The largest absolute Gasteiger partial charge is 0.497 e. The van der Waals surface area contributed by atoms with Crippen molar-refractivity contribution >= 4 is 17.7 Å². The summed E-state index contributed by atoms with van der Waals surface area (Å²) in [7, 11) is 1.62. The molecule has 1 aromatic heterocycles. The maximum Gasteiger partial charge on any atom is 0.359 e. The Hall–Kier alpha value is -2.80. The van der Waals surface area contributed by atoms with Crippen LogP contribution in [0.4, 0.5) is 0 Å². The van der Waals surface area contributed by atoms with Crippen LogP contribution in [-0.2, 0) is 19.4 Å². The standard InChI is InChI=1S/C21H21N3O3S/c1-27-17-9-6-14(7-10-17)13-24-20(19(21(25)26)22-23-24)28-18-11-8-15-4-2-3-5-16(15)12-18/h6-12H,2-5,13H2,1H3,(H,25,26). The zero-order valence-corrected chi connectivity index (χ0v) is 16.4. The molecule has 1 N–H and O–H groups in total. The maximum atomic E-state index is 11.6. The van der Waals surface area contributed by atoms with Crippen molar-refractivity contribution in [2.24, 2.45) is 0 Å². The first-order valence-corrected chi connectivity index (χ1v) is 10.0. The van der Waals surface area contributed by atoms with Crippen molar-refractivity contribution in [1.29, 1.82) is 0 Å². The van der Waals surface area contributed by atoms with E-state index in [-0.39, 0.29) is 5.69 Å². The highest BCUT2D eigenvalue weighted by Gasteiger charge is 2.21. The number of ether oxygens (including phenoxy) is 1. The number of benzene rings is 2. The van der Waals surface area contributed by atoms with Crippen LogP contribution in [0.2, 0.25) is 0 Å². The van der Waals surface area contributed by atoms with Gasteiger partial charge in [-0.15, -0.1) is 5.10 Å². The van der Waals surface area contributed by atoms with Crippen molar-refractivity contribution in [2.75, 3.05) is 7.11 Å². The molecule has 1 aliphatic carbocycles. The first-order valence-electron chi connectivity index (χ1n) is 9.23. The number of nitrogens with zero attached hydrogens (tertiary/aromatic N) is 3. The number of carboxylic acid groups (broad SMARTS) is 1. The Bertz CT molecular complexity index is 999. The Morgan fingerprint density at radius 1 is 1.14 bits per heavy atom. The van der Waals surface area contributed by atoms with E-state index in [9.17, 15) is 9.90 Å². The Morgan fingerprint density at radius 2 is 1.89 bits per heavy atom. The highest BCUT2D eigenvalue weighted by Crippen LogP contribution is 2.33. The summed E-state index contributed by atoms with van der Waals surface area (Å²) in [4.78, 5) is 12.7. The molecule has 28 heavy (non-hydrogen) atoms. The topological polar surface area (TPSA) is 77.2 Å². The molecule has 0 aliphatic heterocycles. The summed E-state index contributed by atoms with van der Waals surface area (Å²) in [6.45, 7) is 0.442. The summed E-state index contributed by atoms with van der Waals surface area (Å²) in [6, 6.07) is 14.0. The van der Waals surface area contributed by atoms with Crippen molar-refractivity contribution in [1.82, 2.24) is 15.0 Å². The van der Waals surface area contributed by atoms with Gasteiger partial charge in [0, 0.05) is 4.90 Å². The van der Waals surface area contributed by atoms with Crippen LogP contribution < -0.4 is 4.74 Å². The van der Waals surface area contributed by atoms with Crippen LogP contribution in [-0.4, -0.2) is 33.2 Å². The van der Waals surface area contributed by atoms with E-state index >= 15 is 0 Å². The van der Waals surface area contributed by atoms with E-state index in [4.69, 9.17) is 4.74 Å². The van der Waals surface area contributed by atoms with Crippen LogP contribution >= 0.6 is 11.8 Å². The molecule has 0 amide bonds. The lowest BCUT2D eigenvalue weighted by Gasteiger charge is -2.16. The third-order valence-corrected chi connectivity index (χ3v) is 6.01. The van der Waals surface area contributed by atoms with Gasteiger partial charge in [0.15, 0.2) is 0 Å². The van der Waals surface area contributed by atoms with Crippen molar-refractivity contribution < 1.29 is 14.6 Å². The first-order chi connectivity index (χ1) is 13.6. The predicted octanol–water partition coefficient (Wildman–Crippen LogP) is 4.06. The quantitative estimate of drug-likeness (QED) is 0.678. The second kappa shape index (κ2) is 8.06. The third-order valence-electron chi connectivity index (χ3n) is 4.92. The maximum absolute atomic E-state index is 11.6. The van der Waals surface area contributed by atoms with Gasteiger partial charge in [-0.1, -0.05) is 35.2 Å². The fraction of sp³-hybridized carbons (Fsp3) is 0.286. The summed E-state index contributed by atoms with van der Waals surface area (Å²) < 4.78 is 6.83. The molecule has 144 valence electrons. The number of hydrogen-bond acceptors (Lipinski definition) is 5. The Labute approximate surface area is 167 Å². The summed E-state index contributed by atoms with van der Waals surface area (Å²) >= 11 is 1.41. The Balaban J connectivity index is 1.63. The molecule has 6 nitrogen and oxygen atoms in total. The van der Waals surface area contributed by atoms with Crippen LogP contribution in [0.5, 0.6) is 5.75 Å². The van der Waals surface area contributed by atoms with Crippen molar-refractivity contribution in [3.05, 3.63) is 64.8 Å². The Kier molecular flexibility index (Phi) is 5.34. The molecule has 0 saturated heterocycles. The lowest BCUT2D eigenvalue weighted by Crippen LogP contribution is -2.06. The lowest BCUT2D eigenvalue weighted by molar-refractivity contribution is 0.0686. The number of rotatable bonds is 6. The zero-order valence-electron chi connectivity index (χ0n) is 15.6. The van der Waals surface area contributed by atoms with Crippen molar-refractivity contribution in [3.63, 3.8) is 0 Å². The number of aromatic nitrogens is 3. The van der Waals surface area contributed by atoms with E-state index < -0.39 is 5.97 Å². The monoisotopic (exact) mass is 395 g/mol. The molecule has 1 heterocycles. The number of hydrogen-bond donors (Lipinski definition) is 1. The third kappa shape index (κ3) is 3.89. The molecule has 3 aromatic rings. The molecule has 4 rings (SSSR count). The minimum Gasteiger partial charge on any atom is -0.497 e. The highest BCUT2D eigenvalue weighted by atomic mass is 32.2. The van der Waals surface area contributed by atoms with Gasteiger partial charge in [-0.3, -0.25) is 0 Å². The van der Waals surface area contributed by atoms with E-state index in [2.05, 4.69) is 28.5 Å². The summed E-state index contributed by atoms with van der Waals surface area (Å²) in [5.74, 6) is -0.293. The number of aromatic carboxylic acids is 1. The van der Waals surface area contributed by atoms with Crippen LogP contribution in [0.25, 0.3) is 0 Å². The lowest BCUT2D eigenvalue weighted by atomic mass is 9.92. The van der Waals surface area contributed by atoms with Gasteiger partial charge in [0.2, 0.25) is 5.69 Å². The summed E-state index contributed by atoms with van der Waals surface area (Å²) in [5.41, 5.74) is 3.74. The normalized spacial score (nSPS) is 13.2. The first kappa shape index (κ1) is 18.6. The summed E-state index contributed by atoms with van der Waals surface area (Å²) in [5, 5.41) is 18.1. The molecular weight excluding hydrogens is 374 g/mol. The fourth-order valence-electron chi connectivity index (χ4n) is 3.43. The van der Waals surface area contributed by atoms with Crippen LogP contribution in [0, 0.1) is 0 Å². The number of aryl methyl sites for hydroxylation is 2. The van der Waals surface area contributed by atoms with Crippen molar-refractivity contribution in [2.45, 2.75) is 42.1 Å². The molecule has 0 saturated carbocycles. The molecule has 0 fully saturated rings. The van der Waals surface area contributed by atoms with Gasteiger partial charge in [0.25, 0.3) is 0 Å².